The monoisotopic (exact) mass is 254 g/mol. The number of nitrogens with one attached hydrogen (secondary N) is 1. The molecule has 0 heterocycles. The standard InChI is InChI=1S/C15H30N2O/c1-11(2)12(3)17(4)14-7-8-15(9-14,10-18)16-13-5-6-13/h11-14,16,18H,5-10H2,1-4H3. The van der Waals surface area contributed by atoms with Crippen molar-refractivity contribution in [2.75, 3.05) is 13.7 Å². The lowest BCUT2D eigenvalue weighted by Gasteiger charge is -2.35. The summed E-state index contributed by atoms with van der Waals surface area (Å²) in [6, 6.07) is 1.93. The highest BCUT2D eigenvalue weighted by Crippen LogP contribution is 2.36. The highest BCUT2D eigenvalue weighted by Gasteiger charge is 2.43. The molecule has 3 atom stereocenters. The predicted octanol–water partition coefficient (Wildman–Crippen LogP) is 2.00. The summed E-state index contributed by atoms with van der Waals surface area (Å²) in [6.07, 6.45) is 6.04. The number of aliphatic hydroxyl groups is 1. The SMILES string of the molecule is CC(C)C(C)N(C)C1CCC(CO)(NC2CC2)C1. The summed E-state index contributed by atoms with van der Waals surface area (Å²) in [4.78, 5) is 2.52. The molecule has 0 aromatic carbocycles. The molecule has 0 aliphatic heterocycles. The van der Waals surface area contributed by atoms with E-state index in [0.717, 1.165) is 12.8 Å². The van der Waals surface area contributed by atoms with Crippen molar-refractivity contribution in [3.8, 4) is 0 Å². The Labute approximate surface area is 112 Å². The second kappa shape index (κ2) is 5.48. The zero-order valence-corrected chi connectivity index (χ0v) is 12.4. The largest absolute Gasteiger partial charge is 0.394 e. The lowest BCUT2D eigenvalue weighted by atomic mass is 9.97. The summed E-state index contributed by atoms with van der Waals surface area (Å²) < 4.78 is 0. The molecule has 2 fully saturated rings. The van der Waals surface area contributed by atoms with Crippen LogP contribution in [-0.4, -0.2) is 47.3 Å². The van der Waals surface area contributed by atoms with Crippen molar-refractivity contribution in [3.05, 3.63) is 0 Å². The lowest BCUT2D eigenvalue weighted by Crippen LogP contribution is -2.49. The molecule has 2 aliphatic rings. The van der Waals surface area contributed by atoms with Crippen molar-refractivity contribution in [2.45, 2.75) is 76.5 Å². The fraction of sp³-hybridized carbons (Fsp3) is 1.00. The molecule has 2 aliphatic carbocycles. The Balaban J connectivity index is 1.92. The van der Waals surface area contributed by atoms with E-state index in [9.17, 15) is 5.11 Å². The Morgan fingerprint density at radius 1 is 1.28 bits per heavy atom. The van der Waals surface area contributed by atoms with Crippen molar-refractivity contribution in [1.29, 1.82) is 0 Å². The minimum absolute atomic E-state index is 0.0107. The number of nitrogens with zero attached hydrogens (tertiary/aromatic N) is 1. The molecule has 2 saturated carbocycles. The van der Waals surface area contributed by atoms with Gasteiger partial charge < -0.3 is 15.3 Å². The van der Waals surface area contributed by atoms with Gasteiger partial charge in [-0.15, -0.1) is 0 Å². The number of rotatable bonds is 6. The molecule has 0 radical (unpaired) electrons. The van der Waals surface area contributed by atoms with Crippen molar-refractivity contribution >= 4 is 0 Å². The molecule has 3 unspecified atom stereocenters. The lowest BCUT2D eigenvalue weighted by molar-refractivity contribution is 0.122. The van der Waals surface area contributed by atoms with E-state index in [2.05, 4.69) is 38.0 Å². The Morgan fingerprint density at radius 3 is 2.44 bits per heavy atom. The van der Waals surface area contributed by atoms with E-state index in [4.69, 9.17) is 0 Å². The second-order valence-corrected chi connectivity index (χ2v) is 6.90. The maximum absolute atomic E-state index is 9.76. The quantitative estimate of drug-likeness (QED) is 0.761. The van der Waals surface area contributed by atoms with Gasteiger partial charge in [-0.1, -0.05) is 13.8 Å². The van der Waals surface area contributed by atoms with Crippen molar-refractivity contribution in [3.63, 3.8) is 0 Å². The van der Waals surface area contributed by atoms with Crippen molar-refractivity contribution in [2.24, 2.45) is 5.92 Å². The topological polar surface area (TPSA) is 35.5 Å². The fourth-order valence-corrected chi connectivity index (χ4v) is 3.23. The molecule has 0 bridgehead atoms. The first-order valence-electron chi connectivity index (χ1n) is 7.58. The van der Waals surface area contributed by atoms with Gasteiger partial charge in [0.05, 0.1) is 6.61 Å². The highest BCUT2D eigenvalue weighted by molar-refractivity contribution is 5.03. The average molecular weight is 254 g/mol. The van der Waals surface area contributed by atoms with Crippen molar-refractivity contribution < 1.29 is 5.11 Å². The molecule has 106 valence electrons. The van der Waals surface area contributed by atoms with Gasteiger partial charge in [-0.3, -0.25) is 0 Å². The molecule has 2 rings (SSSR count). The fourth-order valence-electron chi connectivity index (χ4n) is 3.23. The van der Waals surface area contributed by atoms with Crippen LogP contribution in [0.15, 0.2) is 0 Å². The van der Waals surface area contributed by atoms with E-state index >= 15 is 0 Å². The summed E-state index contributed by atoms with van der Waals surface area (Å²) in [6.45, 7) is 7.19. The van der Waals surface area contributed by atoms with Crippen LogP contribution < -0.4 is 5.32 Å². The summed E-state index contributed by atoms with van der Waals surface area (Å²) >= 11 is 0. The van der Waals surface area contributed by atoms with Crippen LogP contribution in [0.4, 0.5) is 0 Å². The van der Waals surface area contributed by atoms with Crippen LogP contribution in [0.25, 0.3) is 0 Å². The molecule has 3 heteroatoms. The van der Waals surface area contributed by atoms with Crippen molar-refractivity contribution in [1.82, 2.24) is 10.2 Å². The zero-order valence-electron chi connectivity index (χ0n) is 12.4. The molecule has 2 N–H and O–H groups in total. The maximum atomic E-state index is 9.76. The molecule has 3 nitrogen and oxygen atoms in total. The molecule has 0 aromatic rings. The highest BCUT2D eigenvalue weighted by atomic mass is 16.3. The molecule has 0 aromatic heterocycles. The van der Waals surface area contributed by atoms with E-state index in [1.165, 1.54) is 19.3 Å². The Hall–Kier alpha value is -0.120. The molecular weight excluding hydrogens is 224 g/mol. The Kier molecular flexibility index (Phi) is 4.35. The molecular formula is C15H30N2O. The van der Waals surface area contributed by atoms with E-state index in [0.29, 0.717) is 30.7 Å². The van der Waals surface area contributed by atoms with Gasteiger partial charge >= 0.3 is 0 Å². The summed E-state index contributed by atoms with van der Waals surface area (Å²) in [5.41, 5.74) is 0.0107. The average Bonchev–Trinajstić information content (AvgIpc) is 3.05. The third kappa shape index (κ3) is 3.06. The third-order valence-corrected chi connectivity index (χ3v) is 5.16. The summed E-state index contributed by atoms with van der Waals surface area (Å²) in [7, 11) is 2.25. The van der Waals surface area contributed by atoms with Gasteiger partial charge in [0.1, 0.15) is 0 Å². The number of hydrogen-bond donors (Lipinski definition) is 2. The molecule has 0 amide bonds. The normalized spacial score (nSPS) is 34.5. The number of hydrogen-bond acceptors (Lipinski definition) is 3. The van der Waals surface area contributed by atoms with Crippen LogP contribution in [0.1, 0.15) is 52.9 Å². The first kappa shape index (κ1) is 14.3. The van der Waals surface area contributed by atoms with Crippen LogP contribution in [-0.2, 0) is 0 Å². The van der Waals surface area contributed by atoms with Gasteiger partial charge in [-0.25, -0.2) is 0 Å². The van der Waals surface area contributed by atoms with Gasteiger partial charge in [-0.2, -0.15) is 0 Å². The second-order valence-electron chi connectivity index (χ2n) is 6.90. The molecule has 18 heavy (non-hydrogen) atoms. The van der Waals surface area contributed by atoms with Gasteiger partial charge in [0.25, 0.3) is 0 Å². The number of aliphatic hydroxyl groups excluding tert-OH is 1. The van der Waals surface area contributed by atoms with E-state index in [1.807, 2.05) is 0 Å². The van der Waals surface area contributed by atoms with Gasteiger partial charge in [0.2, 0.25) is 0 Å². The van der Waals surface area contributed by atoms with Gasteiger partial charge in [-0.05, 0) is 52.0 Å². The summed E-state index contributed by atoms with van der Waals surface area (Å²) in [5.74, 6) is 0.690. The Bertz CT molecular complexity index is 278. The van der Waals surface area contributed by atoms with E-state index in [-0.39, 0.29) is 5.54 Å². The van der Waals surface area contributed by atoms with E-state index < -0.39 is 0 Å². The first-order chi connectivity index (χ1) is 8.47. The van der Waals surface area contributed by atoms with Crippen LogP contribution in [0.5, 0.6) is 0 Å². The van der Waals surface area contributed by atoms with E-state index in [1.54, 1.807) is 0 Å². The smallest absolute Gasteiger partial charge is 0.0614 e. The third-order valence-electron chi connectivity index (χ3n) is 5.16. The maximum Gasteiger partial charge on any atom is 0.0614 e. The van der Waals surface area contributed by atoms with Gasteiger partial charge in [0.15, 0.2) is 0 Å². The first-order valence-corrected chi connectivity index (χ1v) is 7.58. The Morgan fingerprint density at radius 2 is 1.94 bits per heavy atom. The van der Waals surface area contributed by atoms with Crippen LogP contribution in [0, 0.1) is 5.92 Å². The predicted molar refractivity (Wildman–Crippen MR) is 75.7 cm³/mol. The molecule has 0 spiro atoms. The summed E-state index contributed by atoms with van der Waals surface area (Å²) in [5, 5.41) is 13.5. The van der Waals surface area contributed by atoms with Crippen LogP contribution >= 0.6 is 0 Å². The van der Waals surface area contributed by atoms with Crippen LogP contribution in [0.2, 0.25) is 0 Å². The zero-order chi connectivity index (χ0) is 13.3. The minimum Gasteiger partial charge on any atom is -0.394 e. The van der Waals surface area contributed by atoms with Crippen LogP contribution in [0.3, 0.4) is 0 Å². The van der Waals surface area contributed by atoms with Gasteiger partial charge in [0, 0.05) is 23.7 Å². The minimum atomic E-state index is 0.0107. The molecule has 0 saturated heterocycles.